The van der Waals surface area contributed by atoms with Gasteiger partial charge < -0.3 is 19.7 Å². The first-order chi connectivity index (χ1) is 12.2. The normalized spacial score (nSPS) is 17.1. The highest BCUT2D eigenvalue weighted by Crippen LogP contribution is 2.40. The van der Waals surface area contributed by atoms with Gasteiger partial charge in [-0.25, -0.2) is 4.79 Å². The minimum absolute atomic E-state index is 0.148. The third-order valence-corrected chi connectivity index (χ3v) is 5.12. The Hall–Kier alpha value is -2.26. The van der Waals surface area contributed by atoms with Gasteiger partial charge in [0.25, 0.3) is 5.91 Å². The van der Waals surface area contributed by atoms with Gasteiger partial charge in [-0.1, -0.05) is 37.8 Å². The summed E-state index contributed by atoms with van der Waals surface area (Å²) in [5, 5.41) is 19.4. The lowest BCUT2D eigenvalue weighted by Gasteiger charge is -2.26. The number of hydrogen-bond donors (Lipinski definition) is 2. The Kier molecular flexibility index (Phi) is 6.14. The van der Waals surface area contributed by atoms with E-state index >= 15 is 0 Å². The van der Waals surface area contributed by atoms with E-state index in [1.54, 1.807) is 32.1 Å². The lowest BCUT2D eigenvalue weighted by Crippen LogP contribution is -2.47. The summed E-state index contributed by atoms with van der Waals surface area (Å²) in [5.41, 5.74) is 0.549. The molecule has 9 heteroatoms. The molecule has 0 aromatic heterocycles. The first-order valence-electron chi connectivity index (χ1n) is 7.66. The van der Waals surface area contributed by atoms with Crippen molar-refractivity contribution in [2.45, 2.75) is 19.9 Å². The minimum atomic E-state index is -1.11. The predicted molar refractivity (Wildman–Crippen MR) is 102 cm³/mol. The lowest BCUT2D eigenvalue weighted by molar-refractivity contribution is -0.146. The lowest BCUT2D eigenvalue weighted by atomic mass is 10.0. The third kappa shape index (κ3) is 3.78. The number of thioether (sulfide) groups is 1. The Morgan fingerprint density at radius 3 is 2.23 bits per heavy atom. The van der Waals surface area contributed by atoms with E-state index in [0.717, 1.165) is 16.7 Å². The molecular formula is C17H19NO6S2. The minimum Gasteiger partial charge on any atom is -0.502 e. The number of aromatic hydroxyl groups is 1. The molecule has 0 radical (unpaired) electrons. The highest BCUT2D eigenvalue weighted by Gasteiger charge is 2.41. The molecule has 2 rings (SSSR count). The average Bonchev–Trinajstić information content (AvgIpc) is 2.83. The van der Waals surface area contributed by atoms with Crippen molar-refractivity contribution in [3.63, 3.8) is 0 Å². The van der Waals surface area contributed by atoms with Crippen LogP contribution in [0.25, 0.3) is 6.08 Å². The van der Waals surface area contributed by atoms with E-state index in [2.05, 4.69) is 0 Å². The number of aliphatic carboxylic acids is 1. The molecule has 140 valence electrons. The molecule has 2 N–H and O–H groups in total. The van der Waals surface area contributed by atoms with Gasteiger partial charge in [0.2, 0.25) is 5.75 Å². The Bertz CT molecular complexity index is 764. The zero-order chi connectivity index (χ0) is 19.6. The van der Waals surface area contributed by atoms with Crippen molar-refractivity contribution in [2.75, 3.05) is 14.2 Å². The molecule has 0 spiro atoms. The molecule has 1 amide bonds. The molecular weight excluding hydrogens is 378 g/mol. The summed E-state index contributed by atoms with van der Waals surface area (Å²) >= 11 is 6.25. The van der Waals surface area contributed by atoms with Crippen molar-refractivity contribution in [1.29, 1.82) is 0 Å². The van der Waals surface area contributed by atoms with Gasteiger partial charge in [0.05, 0.1) is 19.1 Å². The fraction of sp³-hybridized carbons (Fsp3) is 0.353. The summed E-state index contributed by atoms with van der Waals surface area (Å²) in [7, 11) is 2.80. The number of amides is 1. The van der Waals surface area contributed by atoms with Gasteiger partial charge in [-0.15, -0.1) is 0 Å². The van der Waals surface area contributed by atoms with E-state index in [0.29, 0.717) is 5.56 Å². The zero-order valence-corrected chi connectivity index (χ0v) is 16.3. The smallest absolute Gasteiger partial charge is 0.327 e. The largest absolute Gasteiger partial charge is 0.502 e. The Morgan fingerprint density at radius 1 is 1.27 bits per heavy atom. The molecule has 1 saturated heterocycles. The molecule has 0 aliphatic carbocycles. The van der Waals surface area contributed by atoms with Crippen molar-refractivity contribution in [3.8, 4) is 17.2 Å². The van der Waals surface area contributed by atoms with Crippen LogP contribution in [0.4, 0.5) is 0 Å². The highest BCUT2D eigenvalue weighted by atomic mass is 32.2. The van der Waals surface area contributed by atoms with Crippen LogP contribution in [0.2, 0.25) is 0 Å². The van der Waals surface area contributed by atoms with Crippen LogP contribution in [-0.2, 0) is 9.59 Å². The standard InChI is InChI=1S/C17H19NO6S2/c1-8(2)13(16(21)22)18-15(20)12(26-17(18)25)7-9-5-10(23-3)14(19)11(6-9)24-4/h5-8,13,19H,1-4H3,(H,21,22)/b12-7+/t13-/m0/s1. The number of carboxylic acid groups (broad SMARTS) is 1. The van der Waals surface area contributed by atoms with Crippen molar-refractivity contribution in [1.82, 2.24) is 4.90 Å². The molecule has 0 bridgehead atoms. The van der Waals surface area contributed by atoms with Crippen LogP contribution >= 0.6 is 24.0 Å². The number of hydrogen-bond acceptors (Lipinski definition) is 7. The number of carboxylic acids is 1. The van der Waals surface area contributed by atoms with Crippen LogP contribution in [0, 0.1) is 5.92 Å². The number of thiocarbonyl (C=S) groups is 1. The number of carbonyl (C=O) groups is 2. The van der Waals surface area contributed by atoms with Crippen LogP contribution < -0.4 is 9.47 Å². The Morgan fingerprint density at radius 2 is 1.81 bits per heavy atom. The zero-order valence-electron chi connectivity index (χ0n) is 14.7. The van der Waals surface area contributed by atoms with Crippen molar-refractivity contribution in [2.24, 2.45) is 5.92 Å². The first-order valence-corrected chi connectivity index (χ1v) is 8.88. The van der Waals surface area contributed by atoms with Gasteiger partial charge in [-0.3, -0.25) is 9.69 Å². The Labute approximate surface area is 160 Å². The molecule has 1 aliphatic heterocycles. The molecule has 1 heterocycles. The van der Waals surface area contributed by atoms with Crippen LogP contribution in [0.5, 0.6) is 17.2 Å². The summed E-state index contributed by atoms with van der Waals surface area (Å²) in [5.74, 6) is -1.64. The molecule has 7 nitrogen and oxygen atoms in total. The quantitative estimate of drug-likeness (QED) is 0.559. The number of methoxy groups -OCH3 is 2. The van der Waals surface area contributed by atoms with Gasteiger partial charge in [0, 0.05) is 0 Å². The number of phenolic OH excluding ortho intramolecular Hbond substituents is 1. The van der Waals surface area contributed by atoms with E-state index in [-0.39, 0.29) is 32.4 Å². The van der Waals surface area contributed by atoms with E-state index in [1.807, 2.05) is 0 Å². The second-order valence-corrected chi connectivity index (χ2v) is 7.53. The van der Waals surface area contributed by atoms with Gasteiger partial charge in [0.1, 0.15) is 10.4 Å². The SMILES string of the molecule is COc1cc(/C=C2/SC(=S)N([C@H](C(=O)O)C(C)C)C2=O)cc(OC)c1O. The molecule has 1 atom stereocenters. The number of carbonyl (C=O) groups excluding carboxylic acids is 1. The number of phenols is 1. The summed E-state index contributed by atoms with van der Waals surface area (Å²) < 4.78 is 10.4. The molecule has 0 unspecified atom stereocenters. The number of ether oxygens (including phenoxy) is 2. The highest BCUT2D eigenvalue weighted by molar-refractivity contribution is 8.26. The predicted octanol–water partition coefficient (Wildman–Crippen LogP) is 2.72. The maximum absolute atomic E-state index is 12.7. The van der Waals surface area contributed by atoms with Gasteiger partial charge in [0.15, 0.2) is 11.5 Å². The summed E-state index contributed by atoms with van der Waals surface area (Å²) in [6.07, 6.45) is 1.56. The maximum Gasteiger partial charge on any atom is 0.327 e. The molecule has 1 aromatic carbocycles. The van der Waals surface area contributed by atoms with Crippen LogP contribution in [0.3, 0.4) is 0 Å². The fourth-order valence-corrected chi connectivity index (χ4v) is 3.89. The molecule has 1 fully saturated rings. The van der Waals surface area contributed by atoms with Gasteiger partial charge >= 0.3 is 5.97 Å². The number of rotatable bonds is 6. The van der Waals surface area contributed by atoms with E-state index < -0.39 is 17.9 Å². The van der Waals surface area contributed by atoms with Gasteiger partial charge in [-0.2, -0.15) is 0 Å². The van der Waals surface area contributed by atoms with E-state index in [4.69, 9.17) is 21.7 Å². The first kappa shape index (κ1) is 20.1. The summed E-state index contributed by atoms with van der Waals surface area (Å²) in [4.78, 5) is 25.7. The number of nitrogens with zero attached hydrogens (tertiary/aromatic N) is 1. The fourth-order valence-electron chi connectivity index (χ4n) is 2.56. The second-order valence-electron chi connectivity index (χ2n) is 5.85. The molecule has 26 heavy (non-hydrogen) atoms. The third-order valence-electron chi connectivity index (χ3n) is 3.79. The van der Waals surface area contributed by atoms with Crippen molar-refractivity contribution >= 4 is 46.3 Å². The maximum atomic E-state index is 12.7. The van der Waals surface area contributed by atoms with Crippen LogP contribution in [-0.4, -0.2) is 51.6 Å². The Balaban J connectivity index is 2.43. The second kappa shape index (κ2) is 7.96. The van der Waals surface area contributed by atoms with Crippen molar-refractivity contribution < 1.29 is 29.3 Å². The summed E-state index contributed by atoms with van der Waals surface area (Å²) in [6.45, 7) is 3.44. The summed E-state index contributed by atoms with van der Waals surface area (Å²) in [6, 6.07) is 2.06. The van der Waals surface area contributed by atoms with Crippen LogP contribution in [0.1, 0.15) is 19.4 Å². The van der Waals surface area contributed by atoms with Crippen LogP contribution in [0.15, 0.2) is 17.0 Å². The monoisotopic (exact) mass is 397 g/mol. The topological polar surface area (TPSA) is 96.3 Å². The van der Waals surface area contributed by atoms with Crippen molar-refractivity contribution in [3.05, 3.63) is 22.6 Å². The van der Waals surface area contributed by atoms with E-state index in [9.17, 15) is 19.8 Å². The molecule has 0 saturated carbocycles. The molecule has 1 aromatic rings. The molecule has 1 aliphatic rings. The average molecular weight is 397 g/mol. The van der Waals surface area contributed by atoms with Gasteiger partial charge in [-0.05, 0) is 29.7 Å². The van der Waals surface area contributed by atoms with E-state index in [1.165, 1.54) is 14.2 Å². The number of benzene rings is 1.